The third-order valence-electron chi connectivity index (χ3n) is 4.80. The molecule has 0 radical (unpaired) electrons. The molecule has 8 nitrogen and oxygen atoms in total. The number of hydrogen-bond acceptors (Lipinski definition) is 5. The van der Waals surface area contributed by atoms with Crippen LogP contribution in [0, 0.1) is 0 Å². The first-order chi connectivity index (χ1) is 13.4. The molecular formula is C19H28N6O2S. The topological polar surface area (TPSA) is 94.8 Å². The summed E-state index contributed by atoms with van der Waals surface area (Å²) in [5.74, 6) is 0.515. The van der Waals surface area contributed by atoms with Crippen LogP contribution in [0.25, 0.3) is 0 Å². The molecule has 1 aliphatic rings. The number of nitrogens with one attached hydrogen (secondary N) is 2. The number of aliphatic imine (C=N–C) groups is 1. The van der Waals surface area contributed by atoms with Gasteiger partial charge in [-0.25, -0.2) is 4.99 Å². The number of carbonyl (C=O) groups excluding carboxylic acids is 1. The van der Waals surface area contributed by atoms with Crippen molar-refractivity contribution >= 4 is 23.2 Å². The van der Waals surface area contributed by atoms with Crippen molar-refractivity contribution in [1.82, 2.24) is 25.3 Å². The number of nitrogens with zero attached hydrogens (tertiary/aromatic N) is 4. The average Bonchev–Trinajstić information content (AvgIpc) is 3.32. The van der Waals surface area contributed by atoms with Gasteiger partial charge in [0.2, 0.25) is 5.91 Å². The Hall–Kier alpha value is -2.39. The Kier molecular flexibility index (Phi) is 6.35. The van der Waals surface area contributed by atoms with Crippen LogP contribution in [-0.2, 0) is 30.4 Å². The molecule has 1 amide bonds. The van der Waals surface area contributed by atoms with E-state index in [2.05, 4.69) is 32.2 Å². The van der Waals surface area contributed by atoms with E-state index >= 15 is 0 Å². The second-order valence-electron chi connectivity index (χ2n) is 7.16. The van der Waals surface area contributed by atoms with Gasteiger partial charge in [0.05, 0.1) is 12.7 Å². The van der Waals surface area contributed by atoms with E-state index in [0.29, 0.717) is 24.6 Å². The smallest absolute Gasteiger partial charge is 0.244 e. The lowest BCUT2D eigenvalue weighted by Crippen LogP contribution is -2.45. The van der Waals surface area contributed by atoms with Crippen molar-refractivity contribution in [1.29, 1.82) is 0 Å². The maximum atomic E-state index is 12.6. The minimum absolute atomic E-state index is 0.00747. The molecule has 0 saturated heterocycles. The van der Waals surface area contributed by atoms with Crippen LogP contribution in [0.1, 0.15) is 29.9 Å². The number of carbonyl (C=O) groups is 1. The van der Waals surface area contributed by atoms with Crippen molar-refractivity contribution in [3.8, 4) is 0 Å². The van der Waals surface area contributed by atoms with Crippen LogP contribution in [0.5, 0.6) is 0 Å². The van der Waals surface area contributed by atoms with Crippen molar-refractivity contribution in [2.45, 2.75) is 32.4 Å². The third kappa shape index (κ3) is 4.90. The van der Waals surface area contributed by atoms with Gasteiger partial charge in [-0.15, -0.1) is 11.3 Å². The Morgan fingerprint density at radius 2 is 2.29 bits per heavy atom. The van der Waals surface area contributed by atoms with Crippen LogP contribution in [0.3, 0.4) is 0 Å². The van der Waals surface area contributed by atoms with Crippen molar-refractivity contribution in [3.63, 3.8) is 0 Å². The Bertz CT molecular complexity index is 841. The lowest BCUT2D eigenvalue weighted by atomic mass is 10.00. The van der Waals surface area contributed by atoms with E-state index in [1.165, 1.54) is 10.4 Å². The lowest BCUT2D eigenvalue weighted by molar-refractivity contribution is -0.130. The first-order valence-corrected chi connectivity index (χ1v) is 10.3. The average molecular weight is 405 g/mol. The Morgan fingerprint density at radius 3 is 3.00 bits per heavy atom. The fourth-order valence-corrected chi connectivity index (χ4v) is 4.00. The van der Waals surface area contributed by atoms with Crippen molar-refractivity contribution in [2.24, 2.45) is 12.0 Å². The molecule has 0 spiro atoms. The SMILES string of the molecule is CCNC(=NCC(=O)N1CCc2sccc2C1)NCC(C)(O)c1cnn(C)c1. The highest BCUT2D eigenvalue weighted by atomic mass is 32.1. The van der Waals surface area contributed by atoms with Crippen LogP contribution < -0.4 is 10.6 Å². The number of aryl methyl sites for hydroxylation is 1. The highest BCUT2D eigenvalue weighted by Gasteiger charge is 2.25. The summed E-state index contributed by atoms with van der Waals surface area (Å²) in [6.45, 7) is 6.06. The minimum Gasteiger partial charge on any atom is -0.383 e. The summed E-state index contributed by atoms with van der Waals surface area (Å²) in [6.07, 6.45) is 4.34. The Balaban J connectivity index is 1.57. The minimum atomic E-state index is -1.10. The normalized spacial score (nSPS) is 16.4. The molecular weight excluding hydrogens is 376 g/mol. The van der Waals surface area contributed by atoms with Gasteiger partial charge in [0.25, 0.3) is 0 Å². The second kappa shape index (κ2) is 8.74. The summed E-state index contributed by atoms with van der Waals surface area (Å²) in [7, 11) is 1.81. The molecule has 2 aromatic rings. The number of amides is 1. The van der Waals surface area contributed by atoms with Gasteiger partial charge in [-0.05, 0) is 37.3 Å². The number of rotatable bonds is 6. The van der Waals surface area contributed by atoms with E-state index in [-0.39, 0.29) is 19.0 Å². The molecule has 1 atom stereocenters. The fourth-order valence-electron chi connectivity index (χ4n) is 3.11. The van der Waals surface area contributed by atoms with E-state index in [4.69, 9.17) is 0 Å². The third-order valence-corrected chi connectivity index (χ3v) is 5.83. The van der Waals surface area contributed by atoms with Crippen LogP contribution in [0.2, 0.25) is 0 Å². The molecule has 9 heteroatoms. The van der Waals surface area contributed by atoms with Gasteiger partial charge < -0.3 is 20.6 Å². The van der Waals surface area contributed by atoms with Gasteiger partial charge in [0, 0.05) is 43.3 Å². The molecule has 152 valence electrons. The summed E-state index contributed by atoms with van der Waals surface area (Å²) >= 11 is 1.76. The first-order valence-electron chi connectivity index (χ1n) is 9.45. The van der Waals surface area contributed by atoms with E-state index in [1.807, 2.05) is 18.9 Å². The molecule has 1 aliphatic heterocycles. The van der Waals surface area contributed by atoms with E-state index in [9.17, 15) is 9.90 Å². The molecule has 3 rings (SSSR count). The van der Waals surface area contributed by atoms with E-state index in [1.54, 1.807) is 35.3 Å². The highest BCUT2D eigenvalue weighted by Crippen LogP contribution is 2.24. The van der Waals surface area contributed by atoms with Gasteiger partial charge in [-0.1, -0.05) is 0 Å². The van der Waals surface area contributed by atoms with Crippen LogP contribution >= 0.6 is 11.3 Å². The van der Waals surface area contributed by atoms with Gasteiger partial charge in [-0.3, -0.25) is 9.48 Å². The molecule has 0 saturated carbocycles. The number of aromatic nitrogens is 2. The molecule has 0 aliphatic carbocycles. The van der Waals surface area contributed by atoms with Crippen LogP contribution in [0.4, 0.5) is 0 Å². The molecule has 1 unspecified atom stereocenters. The first kappa shape index (κ1) is 20.3. The van der Waals surface area contributed by atoms with Crippen LogP contribution in [0.15, 0.2) is 28.8 Å². The summed E-state index contributed by atoms with van der Waals surface area (Å²) in [6, 6.07) is 2.09. The standard InChI is InChI=1S/C19H28N6O2S/c1-4-20-18(22-13-19(2,27)15-9-23-24(3)12-15)21-10-17(26)25-7-5-16-14(11-25)6-8-28-16/h6,8-9,12,27H,4-5,7,10-11,13H2,1-3H3,(H2,20,21,22). The number of guanidine groups is 1. The zero-order valence-electron chi connectivity index (χ0n) is 16.6. The lowest BCUT2D eigenvalue weighted by Gasteiger charge is -2.27. The maximum absolute atomic E-state index is 12.6. The molecule has 2 aromatic heterocycles. The summed E-state index contributed by atoms with van der Waals surface area (Å²) in [5, 5.41) is 23.1. The maximum Gasteiger partial charge on any atom is 0.244 e. The van der Waals surface area contributed by atoms with Crippen molar-refractivity contribution < 1.29 is 9.90 Å². The van der Waals surface area contributed by atoms with E-state index in [0.717, 1.165) is 13.0 Å². The molecule has 3 heterocycles. The highest BCUT2D eigenvalue weighted by molar-refractivity contribution is 7.10. The second-order valence-corrected chi connectivity index (χ2v) is 8.16. The number of thiophene rings is 1. The van der Waals surface area contributed by atoms with Gasteiger partial charge in [-0.2, -0.15) is 5.10 Å². The Labute approximate surface area is 169 Å². The summed E-state index contributed by atoms with van der Waals surface area (Å²) in [5.41, 5.74) is 0.858. The molecule has 0 bridgehead atoms. The predicted molar refractivity (Wildman–Crippen MR) is 110 cm³/mol. The van der Waals surface area contributed by atoms with E-state index < -0.39 is 5.60 Å². The largest absolute Gasteiger partial charge is 0.383 e. The molecule has 3 N–H and O–H groups in total. The zero-order chi connectivity index (χ0) is 20.1. The fraction of sp³-hybridized carbons (Fsp3) is 0.526. The van der Waals surface area contributed by atoms with Crippen molar-refractivity contribution in [2.75, 3.05) is 26.2 Å². The van der Waals surface area contributed by atoms with Crippen molar-refractivity contribution in [3.05, 3.63) is 39.8 Å². The van der Waals surface area contributed by atoms with Gasteiger partial charge >= 0.3 is 0 Å². The Morgan fingerprint density at radius 1 is 1.46 bits per heavy atom. The van der Waals surface area contributed by atoms with Gasteiger partial charge in [0.15, 0.2) is 5.96 Å². The molecule has 0 fully saturated rings. The van der Waals surface area contributed by atoms with Crippen LogP contribution in [-0.4, -0.2) is 57.8 Å². The number of aliphatic hydroxyl groups is 1. The van der Waals surface area contributed by atoms with Gasteiger partial charge in [0.1, 0.15) is 12.1 Å². The quantitative estimate of drug-likeness (QED) is 0.490. The summed E-state index contributed by atoms with van der Waals surface area (Å²) < 4.78 is 1.65. The number of hydrogen-bond donors (Lipinski definition) is 3. The predicted octanol–water partition coefficient (Wildman–Crippen LogP) is 0.829. The summed E-state index contributed by atoms with van der Waals surface area (Å²) in [4.78, 5) is 20.2. The monoisotopic (exact) mass is 404 g/mol. The molecule has 28 heavy (non-hydrogen) atoms. The number of fused-ring (bicyclic) bond motifs is 1. The molecule has 0 aromatic carbocycles. The zero-order valence-corrected chi connectivity index (χ0v) is 17.4.